The molecule has 5 heteroatoms. The first-order chi connectivity index (χ1) is 11.2. The second kappa shape index (κ2) is 7.44. The number of amides is 1. The predicted octanol–water partition coefficient (Wildman–Crippen LogP) is 5.25. The highest BCUT2D eigenvalue weighted by Crippen LogP contribution is 2.29. The third kappa shape index (κ3) is 4.43. The minimum atomic E-state index is -0.138. The van der Waals surface area contributed by atoms with Crippen molar-refractivity contribution in [2.75, 3.05) is 5.32 Å². The summed E-state index contributed by atoms with van der Waals surface area (Å²) in [5.74, 6) is -0.138. The SMILES string of the molecule is O=C(Nc1ccc(Sc2ccc(Br)cc2)cc1)c1ccncc1. The Morgan fingerprint density at radius 2 is 1.43 bits per heavy atom. The zero-order valence-corrected chi connectivity index (χ0v) is 14.5. The Kier molecular flexibility index (Phi) is 5.10. The lowest BCUT2D eigenvalue weighted by Crippen LogP contribution is -2.11. The van der Waals surface area contributed by atoms with Crippen molar-refractivity contribution in [1.29, 1.82) is 0 Å². The van der Waals surface area contributed by atoms with E-state index < -0.39 is 0 Å². The van der Waals surface area contributed by atoms with Crippen LogP contribution in [-0.2, 0) is 0 Å². The molecule has 0 atom stereocenters. The standard InChI is InChI=1S/C18H13BrN2OS/c19-14-1-5-16(6-2-14)23-17-7-3-15(4-8-17)21-18(22)13-9-11-20-12-10-13/h1-12H,(H,21,22). The highest BCUT2D eigenvalue weighted by atomic mass is 79.9. The molecule has 1 amide bonds. The number of pyridine rings is 1. The fraction of sp³-hybridized carbons (Fsp3) is 0. The molecule has 0 saturated heterocycles. The number of aromatic nitrogens is 1. The van der Waals surface area contributed by atoms with Crippen molar-refractivity contribution in [3.63, 3.8) is 0 Å². The molecule has 0 fully saturated rings. The van der Waals surface area contributed by atoms with Crippen LogP contribution in [0.3, 0.4) is 0 Å². The van der Waals surface area contributed by atoms with Gasteiger partial charge in [0.25, 0.3) is 5.91 Å². The first-order valence-corrected chi connectivity index (χ1v) is 8.56. The number of halogens is 1. The van der Waals surface area contributed by atoms with Gasteiger partial charge in [0, 0.05) is 37.9 Å². The Bertz CT molecular complexity index is 790. The number of carbonyl (C=O) groups excluding carboxylic acids is 1. The van der Waals surface area contributed by atoms with Gasteiger partial charge in [0.15, 0.2) is 0 Å². The molecule has 23 heavy (non-hydrogen) atoms. The number of anilines is 1. The molecule has 0 radical (unpaired) electrons. The van der Waals surface area contributed by atoms with Crippen molar-refractivity contribution in [2.45, 2.75) is 9.79 Å². The molecule has 3 rings (SSSR count). The molecule has 2 aromatic carbocycles. The molecule has 1 N–H and O–H groups in total. The first kappa shape index (κ1) is 15.8. The molecule has 3 nitrogen and oxygen atoms in total. The van der Waals surface area contributed by atoms with Gasteiger partial charge in [-0.05, 0) is 60.7 Å². The van der Waals surface area contributed by atoms with E-state index in [9.17, 15) is 4.79 Å². The van der Waals surface area contributed by atoms with Crippen LogP contribution < -0.4 is 5.32 Å². The van der Waals surface area contributed by atoms with E-state index in [1.54, 1.807) is 36.3 Å². The minimum absolute atomic E-state index is 0.138. The van der Waals surface area contributed by atoms with Gasteiger partial charge in [0.05, 0.1) is 0 Å². The van der Waals surface area contributed by atoms with Gasteiger partial charge in [0.1, 0.15) is 0 Å². The average molecular weight is 385 g/mol. The van der Waals surface area contributed by atoms with Crippen molar-refractivity contribution in [3.8, 4) is 0 Å². The van der Waals surface area contributed by atoms with Crippen LogP contribution in [0.25, 0.3) is 0 Å². The van der Waals surface area contributed by atoms with E-state index in [2.05, 4.69) is 38.4 Å². The largest absolute Gasteiger partial charge is 0.322 e. The average Bonchev–Trinajstić information content (AvgIpc) is 2.59. The molecule has 0 unspecified atom stereocenters. The smallest absolute Gasteiger partial charge is 0.255 e. The van der Waals surface area contributed by atoms with Gasteiger partial charge in [-0.25, -0.2) is 0 Å². The second-order valence-corrected chi connectivity index (χ2v) is 6.83. The second-order valence-electron chi connectivity index (χ2n) is 4.77. The number of nitrogens with one attached hydrogen (secondary N) is 1. The van der Waals surface area contributed by atoms with E-state index in [-0.39, 0.29) is 5.91 Å². The lowest BCUT2D eigenvalue weighted by Gasteiger charge is -2.06. The van der Waals surface area contributed by atoms with E-state index in [1.165, 1.54) is 4.90 Å². The van der Waals surface area contributed by atoms with Gasteiger partial charge in [-0.2, -0.15) is 0 Å². The van der Waals surface area contributed by atoms with Crippen LogP contribution in [0.5, 0.6) is 0 Å². The molecule has 1 aromatic heterocycles. The summed E-state index contributed by atoms with van der Waals surface area (Å²) in [6.07, 6.45) is 3.21. The van der Waals surface area contributed by atoms with Gasteiger partial charge in [-0.1, -0.05) is 27.7 Å². The van der Waals surface area contributed by atoms with Crippen LogP contribution in [-0.4, -0.2) is 10.9 Å². The maximum Gasteiger partial charge on any atom is 0.255 e. The van der Waals surface area contributed by atoms with Crippen molar-refractivity contribution in [2.24, 2.45) is 0 Å². The Labute approximate surface area is 147 Å². The molecular weight excluding hydrogens is 372 g/mol. The highest BCUT2D eigenvalue weighted by Gasteiger charge is 2.05. The summed E-state index contributed by atoms with van der Waals surface area (Å²) in [6.45, 7) is 0. The maximum atomic E-state index is 12.1. The van der Waals surface area contributed by atoms with Crippen LogP contribution in [0.4, 0.5) is 5.69 Å². The van der Waals surface area contributed by atoms with E-state index >= 15 is 0 Å². The highest BCUT2D eigenvalue weighted by molar-refractivity contribution is 9.10. The predicted molar refractivity (Wildman–Crippen MR) is 96.9 cm³/mol. The number of hydrogen-bond donors (Lipinski definition) is 1. The van der Waals surface area contributed by atoms with Crippen molar-refractivity contribution < 1.29 is 4.79 Å². The topological polar surface area (TPSA) is 42.0 Å². The van der Waals surface area contributed by atoms with Crippen molar-refractivity contribution >= 4 is 39.3 Å². The number of carbonyl (C=O) groups is 1. The third-order valence-electron chi connectivity index (χ3n) is 3.10. The lowest BCUT2D eigenvalue weighted by atomic mass is 10.2. The summed E-state index contributed by atoms with van der Waals surface area (Å²) < 4.78 is 1.07. The quantitative estimate of drug-likeness (QED) is 0.667. The lowest BCUT2D eigenvalue weighted by molar-refractivity contribution is 0.102. The van der Waals surface area contributed by atoms with E-state index in [4.69, 9.17) is 0 Å². The summed E-state index contributed by atoms with van der Waals surface area (Å²) in [6, 6.07) is 19.3. The third-order valence-corrected chi connectivity index (χ3v) is 4.65. The van der Waals surface area contributed by atoms with E-state index in [0.29, 0.717) is 5.56 Å². The summed E-state index contributed by atoms with van der Waals surface area (Å²) in [5, 5.41) is 2.87. The Morgan fingerprint density at radius 3 is 2.04 bits per heavy atom. The molecule has 1 heterocycles. The monoisotopic (exact) mass is 384 g/mol. The summed E-state index contributed by atoms with van der Waals surface area (Å²) in [4.78, 5) is 18.3. The van der Waals surface area contributed by atoms with Gasteiger partial charge in [-0.15, -0.1) is 0 Å². The summed E-state index contributed by atoms with van der Waals surface area (Å²) >= 11 is 5.11. The van der Waals surface area contributed by atoms with Gasteiger partial charge in [-0.3, -0.25) is 9.78 Å². The number of benzene rings is 2. The fourth-order valence-corrected chi connectivity index (χ4v) is 3.03. The fourth-order valence-electron chi connectivity index (χ4n) is 1.95. The molecule has 0 aliphatic heterocycles. The van der Waals surface area contributed by atoms with E-state index in [1.807, 2.05) is 36.4 Å². The van der Waals surface area contributed by atoms with Crippen molar-refractivity contribution in [3.05, 3.63) is 83.1 Å². The number of hydrogen-bond acceptors (Lipinski definition) is 3. The van der Waals surface area contributed by atoms with Gasteiger partial charge >= 0.3 is 0 Å². The zero-order valence-electron chi connectivity index (χ0n) is 12.1. The Morgan fingerprint density at radius 1 is 0.870 bits per heavy atom. The summed E-state index contributed by atoms with van der Waals surface area (Å²) in [5.41, 5.74) is 1.36. The molecule has 0 aliphatic rings. The maximum absolute atomic E-state index is 12.1. The van der Waals surface area contributed by atoms with E-state index in [0.717, 1.165) is 15.1 Å². The van der Waals surface area contributed by atoms with Crippen LogP contribution in [0.2, 0.25) is 0 Å². The number of nitrogens with zero attached hydrogens (tertiary/aromatic N) is 1. The molecular formula is C18H13BrN2OS. The summed E-state index contributed by atoms with van der Waals surface area (Å²) in [7, 11) is 0. The van der Waals surface area contributed by atoms with Crippen LogP contribution >= 0.6 is 27.7 Å². The molecule has 0 saturated carbocycles. The van der Waals surface area contributed by atoms with Gasteiger partial charge in [0.2, 0.25) is 0 Å². The Balaban J connectivity index is 1.65. The normalized spacial score (nSPS) is 10.3. The molecule has 3 aromatic rings. The van der Waals surface area contributed by atoms with Crippen LogP contribution in [0.1, 0.15) is 10.4 Å². The molecule has 0 spiro atoms. The van der Waals surface area contributed by atoms with Crippen LogP contribution in [0, 0.1) is 0 Å². The molecule has 114 valence electrons. The molecule has 0 bridgehead atoms. The Hall–Kier alpha value is -2.11. The zero-order chi connectivity index (χ0) is 16.1. The van der Waals surface area contributed by atoms with Crippen LogP contribution in [0.15, 0.2) is 87.3 Å². The van der Waals surface area contributed by atoms with Crippen molar-refractivity contribution in [1.82, 2.24) is 4.98 Å². The number of rotatable bonds is 4. The van der Waals surface area contributed by atoms with Gasteiger partial charge < -0.3 is 5.32 Å². The minimum Gasteiger partial charge on any atom is -0.322 e. The molecule has 0 aliphatic carbocycles. The first-order valence-electron chi connectivity index (χ1n) is 6.95.